The largest absolute Gasteiger partial charge is 0.497 e. The molecule has 2 aromatic heterocycles. The molecule has 0 radical (unpaired) electrons. The molecule has 0 aliphatic rings. The Morgan fingerprint density at radius 3 is 2.39 bits per heavy atom. The lowest BCUT2D eigenvalue weighted by Crippen LogP contribution is -2.45. The highest BCUT2D eigenvalue weighted by Gasteiger charge is 2.36. The number of hydrogen-bond acceptors (Lipinski definition) is 7. The topological polar surface area (TPSA) is 112 Å². The second-order valence-corrected chi connectivity index (χ2v) is 9.39. The van der Waals surface area contributed by atoms with Gasteiger partial charge in [0.2, 0.25) is 5.91 Å². The average Bonchev–Trinajstić information content (AvgIpc) is 3.52. The zero-order chi connectivity index (χ0) is 27.2. The summed E-state index contributed by atoms with van der Waals surface area (Å²) >= 11 is 0. The summed E-state index contributed by atoms with van der Waals surface area (Å²) in [5.41, 5.74) is 1.78. The number of methoxy groups -OCH3 is 2. The molecule has 4 aromatic rings. The van der Waals surface area contributed by atoms with Crippen LogP contribution in [0, 0.1) is 12.8 Å². The highest BCUT2D eigenvalue weighted by atomic mass is 16.5. The number of fused-ring (bicyclic) bond motifs is 1. The van der Waals surface area contributed by atoms with E-state index < -0.39 is 11.9 Å². The van der Waals surface area contributed by atoms with Crippen LogP contribution in [0.4, 0.5) is 5.69 Å². The van der Waals surface area contributed by atoms with Crippen LogP contribution >= 0.6 is 0 Å². The van der Waals surface area contributed by atoms with Gasteiger partial charge in [0, 0.05) is 24.7 Å². The van der Waals surface area contributed by atoms with Gasteiger partial charge < -0.3 is 19.2 Å². The number of rotatable bonds is 11. The Kier molecular flexibility index (Phi) is 8.30. The van der Waals surface area contributed by atoms with E-state index in [-0.39, 0.29) is 12.5 Å². The molecule has 0 bridgehead atoms. The van der Waals surface area contributed by atoms with E-state index in [4.69, 9.17) is 13.9 Å². The molecule has 4 rings (SSSR count). The molecule has 1 unspecified atom stereocenters. The zero-order valence-electron chi connectivity index (χ0n) is 22.3. The van der Waals surface area contributed by atoms with Crippen molar-refractivity contribution in [1.29, 1.82) is 0 Å². The van der Waals surface area contributed by atoms with Crippen LogP contribution < -0.4 is 19.7 Å². The number of amides is 2. The Hall–Kier alpha value is -4.34. The van der Waals surface area contributed by atoms with Gasteiger partial charge in [0.1, 0.15) is 35.1 Å². The van der Waals surface area contributed by atoms with Crippen molar-refractivity contribution in [3.8, 4) is 11.5 Å². The Morgan fingerprint density at radius 1 is 1.05 bits per heavy atom. The first kappa shape index (κ1) is 26.7. The fourth-order valence-corrected chi connectivity index (χ4v) is 4.16. The van der Waals surface area contributed by atoms with Gasteiger partial charge in [0.15, 0.2) is 6.04 Å². The van der Waals surface area contributed by atoms with Crippen molar-refractivity contribution in [2.75, 3.05) is 25.7 Å². The molecule has 10 heteroatoms. The number of aromatic nitrogens is 3. The van der Waals surface area contributed by atoms with Gasteiger partial charge in [-0.1, -0.05) is 31.2 Å². The van der Waals surface area contributed by atoms with Crippen molar-refractivity contribution in [1.82, 2.24) is 20.3 Å². The van der Waals surface area contributed by atoms with Gasteiger partial charge in [-0.3, -0.25) is 14.5 Å². The van der Waals surface area contributed by atoms with E-state index in [9.17, 15) is 9.59 Å². The smallest absolute Gasteiger partial charge is 0.251 e. The van der Waals surface area contributed by atoms with E-state index in [0.29, 0.717) is 52.2 Å². The standard InChI is InChI=1S/C28H33N5O5/c1-18(2)12-13-29-28(35)27(25-11-10-19(3)38-25)33(20-14-21(36-4)16-22(15-20)37-5)26(34)17-32-24-9-7-6-8-23(24)30-31-32/h6-11,14-16,18,27H,12-13,17H2,1-5H3,(H,29,35). The van der Waals surface area contributed by atoms with Gasteiger partial charge in [-0.05, 0) is 43.5 Å². The number of nitrogens with one attached hydrogen (secondary N) is 1. The molecule has 200 valence electrons. The summed E-state index contributed by atoms with van der Waals surface area (Å²) in [6.45, 7) is 6.26. The van der Waals surface area contributed by atoms with Crippen LogP contribution in [0.1, 0.15) is 37.8 Å². The maximum absolute atomic E-state index is 14.1. The lowest BCUT2D eigenvalue weighted by molar-refractivity contribution is -0.127. The summed E-state index contributed by atoms with van der Waals surface area (Å²) in [5, 5.41) is 11.3. The molecule has 0 spiro atoms. The summed E-state index contributed by atoms with van der Waals surface area (Å²) < 4.78 is 18.4. The Morgan fingerprint density at radius 2 is 1.76 bits per heavy atom. The van der Waals surface area contributed by atoms with Gasteiger partial charge in [-0.2, -0.15) is 0 Å². The third kappa shape index (κ3) is 5.96. The van der Waals surface area contributed by atoms with Gasteiger partial charge in [0.25, 0.3) is 5.91 Å². The lowest BCUT2D eigenvalue weighted by Gasteiger charge is -2.30. The number of ether oxygens (including phenoxy) is 2. The minimum Gasteiger partial charge on any atom is -0.497 e. The molecule has 38 heavy (non-hydrogen) atoms. The van der Waals surface area contributed by atoms with Crippen LogP contribution in [0.25, 0.3) is 11.0 Å². The first-order chi connectivity index (χ1) is 18.3. The molecule has 2 aromatic carbocycles. The van der Waals surface area contributed by atoms with Crippen molar-refractivity contribution in [2.45, 2.75) is 39.8 Å². The second-order valence-electron chi connectivity index (χ2n) is 9.39. The fourth-order valence-electron chi connectivity index (χ4n) is 4.16. The number of para-hydroxylation sites is 1. The molecule has 0 aliphatic carbocycles. The molecule has 10 nitrogen and oxygen atoms in total. The zero-order valence-corrected chi connectivity index (χ0v) is 22.3. The molecular weight excluding hydrogens is 486 g/mol. The van der Waals surface area contributed by atoms with E-state index in [1.54, 1.807) is 37.3 Å². The first-order valence-corrected chi connectivity index (χ1v) is 12.5. The summed E-state index contributed by atoms with van der Waals surface area (Å²) in [7, 11) is 3.05. The quantitative estimate of drug-likeness (QED) is 0.315. The predicted octanol–water partition coefficient (Wildman–Crippen LogP) is 4.29. The molecule has 0 saturated carbocycles. The number of carbonyl (C=O) groups excluding carboxylic acids is 2. The monoisotopic (exact) mass is 519 g/mol. The number of carbonyl (C=O) groups is 2. The van der Waals surface area contributed by atoms with Crippen LogP contribution in [0.15, 0.2) is 59.0 Å². The maximum Gasteiger partial charge on any atom is 0.251 e. The maximum atomic E-state index is 14.1. The third-order valence-corrected chi connectivity index (χ3v) is 6.15. The SMILES string of the molecule is COc1cc(OC)cc(N(C(=O)Cn2nnc3ccccc32)C(C(=O)NCCC(C)C)c2ccc(C)o2)c1. The van der Waals surface area contributed by atoms with Crippen LogP contribution in [0.3, 0.4) is 0 Å². The lowest BCUT2D eigenvalue weighted by atomic mass is 10.1. The number of hydrogen-bond donors (Lipinski definition) is 1. The Labute approximate surface area is 221 Å². The summed E-state index contributed by atoms with van der Waals surface area (Å²) in [6, 6.07) is 14.8. The van der Waals surface area contributed by atoms with Gasteiger partial charge in [-0.25, -0.2) is 4.68 Å². The van der Waals surface area contributed by atoms with Crippen LogP contribution in [0.5, 0.6) is 11.5 Å². The Balaban J connectivity index is 1.81. The van der Waals surface area contributed by atoms with E-state index >= 15 is 0 Å². The minimum atomic E-state index is -1.09. The van der Waals surface area contributed by atoms with Crippen molar-refractivity contribution in [3.05, 3.63) is 66.1 Å². The fraction of sp³-hybridized carbons (Fsp3) is 0.357. The van der Waals surface area contributed by atoms with Crippen molar-refractivity contribution in [2.24, 2.45) is 5.92 Å². The van der Waals surface area contributed by atoms with Crippen molar-refractivity contribution < 1.29 is 23.5 Å². The molecule has 0 fully saturated rings. The van der Waals surface area contributed by atoms with Crippen molar-refractivity contribution in [3.63, 3.8) is 0 Å². The predicted molar refractivity (Wildman–Crippen MR) is 143 cm³/mol. The normalized spacial score (nSPS) is 11.9. The van der Waals surface area contributed by atoms with Crippen molar-refractivity contribution >= 4 is 28.5 Å². The second kappa shape index (κ2) is 11.8. The van der Waals surface area contributed by atoms with Gasteiger partial charge >= 0.3 is 0 Å². The Bertz CT molecular complexity index is 1390. The average molecular weight is 520 g/mol. The van der Waals surface area contributed by atoms with Crippen LogP contribution in [-0.4, -0.2) is 47.6 Å². The highest BCUT2D eigenvalue weighted by Crippen LogP contribution is 2.35. The number of benzene rings is 2. The molecule has 1 N–H and O–H groups in total. The molecule has 2 heterocycles. The first-order valence-electron chi connectivity index (χ1n) is 12.5. The summed E-state index contributed by atoms with van der Waals surface area (Å²) in [5.74, 6) is 1.55. The van der Waals surface area contributed by atoms with E-state index in [0.717, 1.165) is 6.42 Å². The minimum absolute atomic E-state index is 0.157. The molecule has 1 atom stereocenters. The van der Waals surface area contributed by atoms with E-state index in [2.05, 4.69) is 29.5 Å². The third-order valence-electron chi connectivity index (χ3n) is 6.15. The highest BCUT2D eigenvalue weighted by molar-refractivity contribution is 6.01. The van der Waals surface area contributed by atoms with E-state index in [1.807, 2.05) is 24.3 Å². The number of aryl methyl sites for hydroxylation is 1. The number of anilines is 1. The van der Waals surface area contributed by atoms with Gasteiger partial charge in [0.05, 0.1) is 25.4 Å². The molecule has 0 saturated heterocycles. The molecular formula is C28H33N5O5. The van der Waals surface area contributed by atoms with Crippen LogP contribution in [0.2, 0.25) is 0 Å². The number of nitrogens with zero attached hydrogens (tertiary/aromatic N) is 4. The van der Waals surface area contributed by atoms with Gasteiger partial charge in [-0.15, -0.1) is 5.10 Å². The molecule has 2 amide bonds. The summed E-state index contributed by atoms with van der Waals surface area (Å²) in [4.78, 5) is 29.2. The van der Waals surface area contributed by atoms with E-state index in [1.165, 1.54) is 23.8 Å². The summed E-state index contributed by atoms with van der Waals surface area (Å²) in [6.07, 6.45) is 0.793. The number of furan rings is 1. The molecule has 0 aliphatic heterocycles. The van der Waals surface area contributed by atoms with Crippen LogP contribution in [-0.2, 0) is 16.1 Å².